The maximum Gasteiger partial charge on any atom is 0.315 e. The zero-order chi connectivity index (χ0) is 26.9. The van der Waals surface area contributed by atoms with E-state index in [2.05, 4.69) is 135 Å². The van der Waals surface area contributed by atoms with Crippen molar-refractivity contribution in [3.63, 3.8) is 0 Å². The Kier molecular flexibility index (Phi) is 9.37. The van der Waals surface area contributed by atoms with Crippen LogP contribution in [0.4, 0.5) is 4.79 Å². The largest absolute Gasteiger partial charge is 0.334 e. The molecule has 4 aromatic carbocycles. The summed E-state index contributed by atoms with van der Waals surface area (Å²) < 4.78 is 0. The summed E-state index contributed by atoms with van der Waals surface area (Å²) in [5, 5.41) is 6.81. The van der Waals surface area contributed by atoms with E-state index in [9.17, 15) is 4.79 Å². The van der Waals surface area contributed by atoms with Crippen LogP contribution in [0.2, 0.25) is 0 Å². The molecule has 0 aliphatic rings. The second-order valence-electron chi connectivity index (χ2n) is 10.5. The number of hydrogen-bond acceptors (Lipinski definition) is 1. The number of amides is 2. The molecule has 0 aromatic heterocycles. The minimum atomic E-state index is -0.129. The molecule has 0 fully saturated rings. The minimum absolute atomic E-state index is 0.0838. The molecule has 2 N–H and O–H groups in total. The van der Waals surface area contributed by atoms with Crippen molar-refractivity contribution in [1.29, 1.82) is 0 Å². The molecular formula is C35H40N2O. The van der Waals surface area contributed by atoms with Crippen molar-refractivity contribution in [3.05, 3.63) is 144 Å². The molecule has 2 amide bonds. The summed E-state index contributed by atoms with van der Waals surface area (Å²) in [6.07, 6.45) is 0. The fourth-order valence-electron chi connectivity index (χ4n) is 5.57. The van der Waals surface area contributed by atoms with Crippen molar-refractivity contribution in [2.24, 2.45) is 0 Å². The highest BCUT2D eigenvalue weighted by atomic mass is 16.2. The van der Waals surface area contributed by atoms with Crippen LogP contribution in [0.25, 0.3) is 0 Å². The van der Waals surface area contributed by atoms with E-state index in [1.54, 1.807) is 0 Å². The SMILES string of the molecule is C[C@H](c1ccccc1)C(NC(=O)NC([C@H](C)c1ccccc1)[C@H](C)c1ccccc1)[C@H](C)c1ccccc1. The van der Waals surface area contributed by atoms with Crippen molar-refractivity contribution in [2.75, 3.05) is 0 Å². The first kappa shape index (κ1) is 27.2. The summed E-state index contributed by atoms with van der Waals surface area (Å²) in [4.78, 5) is 13.8. The van der Waals surface area contributed by atoms with Crippen molar-refractivity contribution >= 4 is 6.03 Å². The zero-order valence-corrected chi connectivity index (χ0v) is 22.9. The molecule has 3 heteroatoms. The lowest BCUT2D eigenvalue weighted by Gasteiger charge is -2.35. The van der Waals surface area contributed by atoms with Gasteiger partial charge < -0.3 is 10.6 Å². The Hall–Kier alpha value is -3.85. The van der Waals surface area contributed by atoms with E-state index in [4.69, 9.17) is 0 Å². The third kappa shape index (κ3) is 6.72. The van der Waals surface area contributed by atoms with E-state index in [1.807, 2.05) is 24.3 Å². The molecule has 0 unspecified atom stereocenters. The highest BCUT2D eigenvalue weighted by Gasteiger charge is 2.31. The van der Waals surface area contributed by atoms with Crippen LogP contribution in [0.3, 0.4) is 0 Å². The van der Waals surface area contributed by atoms with Gasteiger partial charge in [-0.3, -0.25) is 0 Å². The Bertz CT molecular complexity index is 1050. The monoisotopic (exact) mass is 504 g/mol. The van der Waals surface area contributed by atoms with E-state index in [1.165, 1.54) is 22.3 Å². The molecule has 0 saturated carbocycles. The highest BCUT2D eigenvalue weighted by molar-refractivity contribution is 5.75. The van der Waals surface area contributed by atoms with Crippen LogP contribution in [-0.2, 0) is 0 Å². The van der Waals surface area contributed by atoms with E-state index >= 15 is 0 Å². The first-order valence-electron chi connectivity index (χ1n) is 13.7. The van der Waals surface area contributed by atoms with E-state index in [-0.39, 0.29) is 41.8 Å². The van der Waals surface area contributed by atoms with Crippen molar-refractivity contribution in [3.8, 4) is 0 Å². The van der Waals surface area contributed by atoms with Crippen LogP contribution >= 0.6 is 0 Å². The summed E-state index contributed by atoms with van der Waals surface area (Å²) in [6.45, 7) is 8.82. The average Bonchev–Trinajstić information content (AvgIpc) is 2.99. The van der Waals surface area contributed by atoms with Crippen LogP contribution in [0.1, 0.15) is 73.6 Å². The number of nitrogens with one attached hydrogen (secondary N) is 2. The fraction of sp³-hybridized carbons (Fsp3) is 0.286. The van der Waals surface area contributed by atoms with Gasteiger partial charge in [-0.2, -0.15) is 0 Å². The molecule has 0 aliphatic heterocycles. The molecular weight excluding hydrogens is 464 g/mol. The summed E-state index contributed by atoms with van der Waals surface area (Å²) in [5.41, 5.74) is 4.86. The maximum atomic E-state index is 13.8. The highest BCUT2D eigenvalue weighted by Crippen LogP contribution is 2.32. The van der Waals surface area contributed by atoms with Gasteiger partial charge in [-0.15, -0.1) is 0 Å². The Morgan fingerprint density at radius 2 is 0.632 bits per heavy atom. The lowest BCUT2D eigenvalue weighted by Crippen LogP contribution is -2.52. The summed E-state index contributed by atoms with van der Waals surface area (Å²) in [7, 11) is 0. The summed E-state index contributed by atoms with van der Waals surface area (Å²) >= 11 is 0. The second-order valence-corrected chi connectivity index (χ2v) is 10.5. The predicted molar refractivity (Wildman–Crippen MR) is 159 cm³/mol. The Balaban J connectivity index is 1.61. The first-order chi connectivity index (χ1) is 18.5. The van der Waals surface area contributed by atoms with Crippen LogP contribution in [-0.4, -0.2) is 18.1 Å². The molecule has 4 aromatic rings. The Morgan fingerprint density at radius 3 is 0.842 bits per heavy atom. The maximum absolute atomic E-state index is 13.8. The molecule has 196 valence electrons. The molecule has 0 radical (unpaired) electrons. The third-order valence-corrected chi connectivity index (χ3v) is 8.05. The van der Waals surface area contributed by atoms with Crippen LogP contribution in [0.15, 0.2) is 121 Å². The Labute approximate surface area is 228 Å². The number of carbonyl (C=O) groups is 1. The van der Waals surface area contributed by atoms with Crippen molar-refractivity contribution < 1.29 is 4.79 Å². The van der Waals surface area contributed by atoms with Gasteiger partial charge in [-0.1, -0.05) is 149 Å². The smallest absolute Gasteiger partial charge is 0.315 e. The van der Waals surface area contributed by atoms with Gasteiger partial charge in [-0.05, 0) is 22.3 Å². The van der Waals surface area contributed by atoms with Gasteiger partial charge in [0.15, 0.2) is 0 Å². The average molecular weight is 505 g/mol. The van der Waals surface area contributed by atoms with Crippen molar-refractivity contribution in [2.45, 2.75) is 63.5 Å². The number of carbonyl (C=O) groups excluding carboxylic acids is 1. The zero-order valence-electron chi connectivity index (χ0n) is 22.9. The van der Waals surface area contributed by atoms with Gasteiger partial charge in [0.05, 0.1) is 0 Å². The van der Waals surface area contributed by atoms with Crippen LogP contribution < -0.4 is 10.6 Å². The lowest BCUT2D eigenvalue weighted by atomic mass is 9.81. The molecule has 0 saturated heterocycles. The van der Waals surface area contributed by atoms with Gasteiger partial charge in [-0.25, -0.2) is 4.79 Å². The Morgan fingerprint density at radius 1 is 0.421 bits per heavy atom. The normalized spacial score (nSPS) is 14.5. The molecule has 4 rings (SSSR count). The fourth-order valence-corrected chi connectivity index (χ4v) is 5.57. The van der Waals surface area contributed by atoms with Gasteiger partial charge >= 0.3 is 6.03 Å². The summed E-state index contributed by atoms with van der Waals surface area (Å²) in [6, 6.07) is 41.5. The standard InChI is InChI=1S/C35H40N2O/c1-25(29-17-9-5-10-18-29)33(26(2)30-19-11-6-12-20-30)36-35(38)37-34(27(3)31-21-13-7-14-22-31)28(4)32-23-15-8-16-24-32/h5-28,33-34H,1-4H3,(H2,36,37,38)/t25-,26-,27-,28-/m1/s1. The second kappa shape index (κ2) is 13.1. The van der Waals surface area contributed by atoms with Crippen molar-refractivity contribution in [1.82, 2.24) is 10.6 Å². The molecule has 0 heterocycles. The topological polar surface area (TPSA) is 41.1 Å². The molecule has 0 aliphatic carbocycles. The van der Waals surface area contributed by atoms with Gasteiger partial charge in [0.2, 0.25) is 0 Å². The first-order valence-corrected chi connectivity index (χ1v) is 13.7. The van der Waals surface area contributed by atoms with Gasteiger partial charge in [0.25, 0.3) is 0 Å². The minimum Gasteiger partial charge on any atom is -0.334 e. The molecule has 3 nitrogen and oxygen atoms in total. The lowest BCUT2D eigenvalue weighted by molar-refractivity contribution is 0.224. The molecule has 38 heavy (non-hydrogen) atoms. The molecule has 4 atom stereocenters. The van der Waals surface area contributed by atoms with E-state index in [0.717, 1.165) is 0 Å². The van der Waals surface area contributed by atoms with Gasteiger partial charge in [0, 0.05) is 35.8 Å². The number of urea groups is 1. The molecule has 0 spiro atoms. The number of hydrogen-bond donors (Lipinski definition) is 2. The van der Waals surface area contributed by atoms with Crippen LogP contribution in [0, 0.1) is 0 Å². The van der Waals surface area contributed by atoms with Gasteiger partial charge in [0.1, 0.15) is 0 Å². The number of rotatable bonds is 10. The molecule has 0 bridgehead atoms. The predicted octanol–water partition coefficient (Wildman–Crippen LogP) is 8.24. The third-order valence-electron chi connectivity index (χ3n) is 8.05. The van der Waals surface area contributed by atoms with E-state index < -0.39 is 0 Å². The van der Waals surface area contributed by atoms with Crippen LogP contribution in [0.5, 0.6) is 0 Å². The summed E-state index contributed by atoms with van der Waals surface area (Å²) in [5.74, 6) is 0.532. The quantitative estimate of drug-likeness (QED) is 0.224. The number of benzene rings is 4. The van der Waals surface area contributed by atoms with E-state index in [0.29, 0.717) is 0 Å².